The fourth-order valence-electron chi connectivity index (χ4n) is 2.70. The van der Waals surface area contributed by atoms with E-state index in [-0.39, 0.29) is 6.10 Å². The Balaban J connectivity index is 2.08. The lowest BCUT2D eigenvalue weighted by Crippen LogP contribution is -2.37. The van der Waals surface area contributed by atoms with Crippen LogP contribution in [0.2, 0.25) is 0 Å². The normalized spacial score (nSPS) is 39.7. The van der Waals surface area contributed by atoms with Gasteiger partial charge in [-0.05, 0) is 31.6 Å². The summed E-state index contributed by atoms with van der Waals surface area (Å²) >= 11 is 0. The van der Waals surface area contributed by atoms with Gasteiger partial charge in [0.15, 0.2) is 0 Å². The van der Waals surface area contributed by atoms with Crippen molar-refractivity contribution in [2.75, 3.05) is 6.61 Å². The molecule has 0 aromatic heterocycles. The third-order valence-corrected chi connectivity index (χ3v) is 3.69. The topological polar surface area (TPSA) is 49.8 Å². The fourth-order valence-corrected chi connectivity index (χ4v) is 2.70. The summed E-state index contributed by atoms with van der Waals surface area (Å²) in [6.07, 6.45) is 6.42. The molecule has 1 heterocycles. The highest BCUT2D eigenvalue weighted by molar-refractivity contribution is 5.75. The lowest BCUT2D eigenvalue weighted by molar-refractivity contribution is -0.152. The van der Waals surface area contributed by atoms with Gasteiger partial charge in [-0.25, -0.2) is 0 Å². The van der Waals surface area contributed by atoms with E-state index < -0.39 is 11.4 Å². The Hall–Kier alpha value is -0.830. The molecular formula is C12H18O3. The summed E-state index contributed by atoms with van der Waals surface area (Å²) in [5, 5.41) is 9.39. The zero-order valence-corrected chi connectivity index (χ0v) is 8.95. The van der Waals surface area contributed by atoms with Gasteiger partial charge >= 0.3 is 5.97 Å². The smallest absolute Gasteiger partial charge is 0.309 e. The zero-order chi connectivity index (χ0) is 10.9. The number of allylic oxidation sites excluding steroid dienone is 1. The van der Waals surface area contributed by atoms with E-state index in [0.29, 0.717) is 12.3 Å². The predicted molar refractivity (Wildman–Crippen MR) is 56.6 cm³/mol. The van der Waals surface area contributed by atoms with Crippen molar-refractivity contribution in [3.63, 3.8) is 0 Å². The van der Waals surface area contributed by atoms with Crippen molar-refractivity contribution in [3.05, 3.63) is 12.7 Å². The molecule has 0 amide bonds. The first-order chi connectivity index (χ1) is 7.16. The SMILES string of the molecule is C=CC1CCCC(CC2CO2)(C(=O)O)C1. The highest BCUT2D eigenvalue weighted by atomic mass is 16.6. The van der Waals surface area contributed by atoms with E-state index in [1.54, 1.807) is 0 Å². The minimum absolute atomic E-state index is 0.199. The number of epoxide rings is 1. The monoisotopic (exact) mass is 210 g/mol. The molecule has 1 saturated carbocycles. The van der Waals surface area contributed by atoms with Crippen molar-refractivity contribution in [1.29, 1.82) is 0 Å². The van der Waals surface area contributed by atoms with Crippen LogP contribution >= 0.6 is 0 Å². The number of aliphatic carboxylic acids is 1. The Bertz CT molecular complexity index is 270. The lowest BCUT2D eigenvalue weighted by Gasteiger charge is -2.36. The molecule has 3 nitrogen and oxygen atoms in total. The molecule has 84 valence electrons. The summed E-state index contributed by atoms with van der Waals surface area (Å²) in [5.74, 6) is -0.279. The highest BCUT2D eigenvalue weighted by Gasteiger charge is 2.46. The summed E-state index contributed by atoms with van der Waals surface area (Å²) in [6.45, 7) is 4.52. The van der Waals surface area contributed by atoms with Gasteiger partial charge in [-0.15, -0.1) is 6.58 Å². The summed E-state index contributed by atoms with van der Waals surface area (Å²) in [5.41, 5.74) is -0.543. The molecule has 3 atom stereocenters. The Morgan fingerprint density at radius 1 is 1.67 bits per heavy atom. The minimum Gasteiger partial charge on any atom is -0.481 e. The van der Waals surface area contributed by atoms with E-state index in [2.05, 4.69) is 6.58 Å². The molecule has 1 aliphatic carbocycles. The standard InChI is InChI=1S/C12H18O3/c1-2-9-4-3-5-12(6-9,11(13)14)7-10-8-15-10/h2,9-10H,1,3-8H2,(H,13,14). The summed E-state index contributed by atoms with van der Waals surface area (Å²) in [6, 6.07) is 0. The molecule has 0 aromatic rings. The second-order valence-electron chi connectivity index (χ2n) is 4.84. The summed E-state index contributed by atoms with van der Waals surface area (Å²) < 4.78 is 5.17. The molecule has 1 aliphatic heterocycles. The molecule has 0 spiro atoms. The van der Waals surface area contributed by atoms with Crippen molar-refractivity contribution in [3.8, 4) is 0 Å². The van der Waals surface area contributed by atoms with Crippen LogP contribution in [0, 0.1) is 11.3 Å². The third kappa shape index (κ3) is 2.23. The molecule has 3 heteroatoms. The highest BCUT2D eigenvalue weighted by Crippen LogP contribution is 2.45. The van der Waals surface area contributed by atoms with Gasteiger partial charge in [-0.2, -0.15) is 0 Å². The van der Waals surface area contributed by atoms with Gasteiger partial charge < -0.3 is 9.84 Å². The van der Waals surface area contributed by atoms with Gasteiger partial charge in [-0.1, -0.05) is 12.5 Å². The second kappa shape index (κ2) is 3.97. The maximum Gasteiger partial charge on any atom is 0.309 e. The number of carboxylic acid groups (broad SMARTS) is 1. The van der Waals surface area contributed by atoms with Gasteiger partial charge in [0.1, 0.15) is 0 Å². The van der Waals surface area contributed by atoms with Gasteiger partial charge in [0.05, 0.1) is 18.1 Å². The van der Waals surface area contributed by atoms with Crippen LogP contribution in [-0.2, 0) is 9.53 Å². The molecule has 15 heavy (non-hydrogen) atoms. The first-order valence-electron chi connectivity index (χ1n) is 5.64. The molecule has 0 bridgehead atoms. The number of rotatable bonds is 4. The van der Waals surface area contributed by atoms with Crippen molar-refractivity contribution in [2.24, 2.45) is 11.3 Å². The lowest BCUT2D eigenvalue weighted by atomic mass is 9.67. The van der Waals surface area contributed by atoms with E-state index in [4.69, 9.17) is 4.74 Å². The van der Waals surface area contributed by atoms with Gasteiger partial charge in [0.25, 0.3) is 0 Å². The van der Waals surface area contributed by atoms with Crippen molar-refractivity contribution in [1.82, 2.24) is 0 Å². The number of hydrogen-bond donors (Lipinski definition) is 1. The Morgan fingerprint density at radius 3 is 2.93 bits per heavy atom. The van der Waals surface area contributed by atoms with Gasteiger partial charge in [0, 0.05) is 0 Å². The molecule has 3 unspecified atom stereocenters. The minimum atomic E-state index is -0.649. The van der Waals surface area contributed by atoms with E-state index >= 15 is 0 Å². The van der Waals surface area contributed by atoms with Crippen LogP contribution in [-0.4, -0.2) is 23.8 Å². The molecule has 2 fully saturated rings. The molecule has 0 radical (unpaired) electrons. The molecule has 2 aliphatic rings. The third-order valence-electron chi connectivity index (χ3n) is 3.69. The largest absolute Gasteiger partial charge is 0.481 e. The van der Waals surface area contributed by atoms with Gasteiger partial charge in [0.2, 0.25) is 0 Å². The summed E-state index contributed by atoms with van der Waals surface area (Å²) in [7, 11) is 0. The second-order valence-corrected chi connectivity index (χ2v) is 4.84. The van der Waals surface area contributed by atoms with Crippen LogP contribution in [0.1, 0.15) is 32.1 Å². The average Bonchev–Trinajstić information content (AvgIpc) is 3.01. The van der Waals surface area contributed by atoms with Crippen LogP contribution in [0.15, 0.2) is 12.7 Å². The van der Waals surface area contributed by atoms with Crippen LogP contribution in [0.3, 0.4) is 0 Å². The number of carbonyl (C=O) groups is 1. The molecule has 0 aromatic carbocycles. The van der Waals surface area contributed by atoms with E-state index in [1.807, 2.05) is 6.08 Å². The maximum atomic E-state index is 11.4. The van der Waals surface area contributed by atoms with E-state index in [1.165, 1.54) is 0 Å². The first-order valence-corrected chi connectivity index (χ1v) is 5.64. The Labute approximate surface area is 90.1 Å². The van der Waals surface area contributed by atoms with Crippen LogP contribution < -0.4 is 0 Å². The van der Waals surface area contributed by atoms with Crippen molar-refractivity contribution < 1.29 is 14.6 Å². The molecule has 1 saturated heterocycles. The number of hydrogen-bond acceptors (Lipinski definition) is 2. The van der Waals surface area contributed by atoms with Crippen LogP contribution in [0.25, 0.3) is 0 Å². The quantitative estimate of drug-likeness (QED) is 0.571. The Morgan fingerprint density at radius 2 is 2.40 bits per heavy atom. The molecule has 1 N–H and O–H groups in total. The predicted octanol–water partition coefficient (Wildman–Crippen LogP) is 2.22. The zero-order valence-electron chi connectivity index (χ0n) is 8.95. The fraction of sp³-hybridized carbons (Fsp3) is 0.750. The van der Waals surface area contributed by atoms with Gasteiger partial charge in [-0.3, -0.25) is 4.79 Å². The van der Waals surface area contributed by atoms with E-state index in [9.17, 15) is 9.90 Å². The van der Waals surface area contributed by atoms with Crippen LogP contribution in [0.5, 0.6) is 0 Å². The number of ether oxygens (including phenoxy) is 1. The van der Waals surface area contributed by atoms with Crippen LogP contribution in [0.4, 0.5) is 0 Å². The van der Waals surface area contributed by atoms with E-state index in [0.717, 1.165) is 32.3 Å². The maximum absolute atomic E-state index is 11.4. The number of carboxylic acids is 1. The first kappa shape index (κ1) is 10.7. The molecular weight excluding hydrogens is 192 g/mol. The van der Waals surface area contributed by atoms with Crippen molar-refractivity contribution >= 4 is 5.97 Å². The Kier molecular flexibility index (Phi) is 2.83. The molecule has 2 rings (SSSR count). The van der Waals surface area contributed by atoms with Crippen molar-refractivity contribution in [2.45, 2.75) is 38.2 Å². The summed E-state index contributed by atoms with van der Waals surface area (Å²) in [4.78, 5) is 11.4. The average molecular weight is 210 g/mol.